The lowest BCUT2D eigenvalue weighted by Crippen LogP contribution is -2.42. The molecule has 0 saturated carbocycles. The fourth-order valence-electron chi connectivity index (χ4n) is 4.14. The standard InChI is InChI=1S/C27H21NO4/c1-31-22-14-12-21(13-15-22)28-24(23-8-4-5-9-26(23)32-27(28)30)17-25(29)20-11-10-18-6-2-3-7-19(18)16-20/h2-16,24H,17H2,1H3/t24-/m0/s1. The van der Waals surface area contributed by atoms with Crippen molar-refractivity contribution in [1.29, 1.82) is 0 Å². The Morgan fingerprint density at radius 3 is 2.41 bits per heavy atom. The largest absolute Gasteiger partial charge is 0.497 e. The molecule has 5 nitrogen and oxygen atoms in total. The second-order valence-electron chi connectivity index (χ2n) is 7.68. The van der Waals surface area contributed by atoms with Crippen molar-refractivity contribution in [2.75, 3.05) is 12.0 Å². The Balaban J connectivity index is 1.53. The van der Waals surface area contributed by atoms with Crippen LogP contribution in [0.1, 0.15) is 28.4 Å². The molecule has 0 bridgehead atoms. The Bertz CT molecular complexity index is 1310. The first-order valence-corrected chi connectivity index (χ1v) is 10.4. The van der Waals surface area contributed by atoms with Crippen molar-refractivity contribution in [2.24, 2.45) is 0 Å². The van der Waals surface area contributed by atoms with Crippen molar-refractivity contribution in [3.8, 4) is 11.5 Å². The molecule has 158 valence electrons. The van der Waals surface area contributed by atoms with Crippen LogP contribution in [-0.2, 0) is 0 Å². The number of hydrogen-bond donors (Lipinski definition) is 0. The number of rotatable bonds is 5. The second kappa shape index (κ2) is 8.19. The Morgan fingerprint density at radius 1 is 0.906 bits per heavy atom. The fourth-order valence-corrected chi connectivity index (χ4v) is 4.14. The summed E-state index contributed by atoms with van der Waals surface area (Å²) in [4.78, 5) is 27.9. The van der Waals surface area contributed by atoms with Gasteiger partial charge in [0.15, 0.2) is 5.78 Å². The van der Waals surface area contributed by atoms with Crippen molar-refractivity contribution >= 4 is 28.3 Å². The zero-order valence-corrected chi connectivity index (χ0v) is 17.5. The highest BCUT2D eigenvalue weighted by atomic mass is 16.6. The summed E-state index contributed by atoms with van der Waals surface area (Å²) in [6.45, 7) is 0. The maximum Gasteiger partial charge on any atom is 0.420 e. The minimum absolute atomic E-state index is 0.0382. The first-order valence-electron chi connectivity index (χ1n) is 10.4. The molecule has 0 saturated heterocycles. The van der Waals surface area contributed by atoms with E-state index in [1.807, 2.05) is 60.7 Å². The second-order valence-corrected chi connectivity index (χ2v) is 7.68. The molecule has 0 unspecified atom stereocenters. The zero-order chi connectivity index (χ0) is 22.1. The van der Waals surface area contributed by atoms with Gasteiger partial charge in [-0.2, -0.15) is 0 Å². The number of Topliss-reactive ketones (excluding diaryl/α,β-unsaturated/α-hetero) is 1. The molecule has 5 heteroatoms. The average Bonchev–Trinajstić information content (AvgIpc) is 2.84. The van der Waals surface area contributed by atoms with E-state index < -0.39 is 12.1 Å². The van der Waals surface area contributed by atoms with Crippen LogP contribution in [-0.4, -0.2) is 19.0 Å². The van der Waals surface area contributed by atoms with Crippen molar-refractivity contribution < 1.29 is 19.1 Å². The molecule has 1 heterocycles. The monoisotopic (exact) mass is 423 g/mol. The Hall–Kier alpha value is -4.12. The van der Waals surface area contributed by atoms with Gasteiger partial charge in [0.05, 0.1) is 13.2 Å². The Labute approximate surface area is 185 Å². The SMILES string of the molecule is COc1ccc(N2C(=O)Oc3ccccc3[C@@H]2CC(=O)c2ccc3ccccc3c2)cc1. The van der Waals surface area contributed by atoms with Gasteiger partial charge >= 0.3 is 6.09 Å². The molecule has 4 aromatic rings. The summed E-state index contributed by atoms with van der Waals surface area (Å²) in [5.41, 5.74) is 2.06. The van der Waals surface area contributed by atoms with Crippen LogP contribution in [0.25, 0.3) is 10.8 Å². The van der Waals surface area contributed by atoms with Gasteiger partial charge in [0.2, 0.25) is 0 Å². The molecule has 0 radical (unpaired) electrons. The summed E-state index contributed by atoms with van der Waals surface area (Å²) in [5, 5.41) is 2.09. The van der Waals surface area contributed by atoms with Gasteiger partial charge in [-0.05, 0) is 47.2 Å². The van der Waals surface area contributed by atoms with Gasteiger partial charge in [-0.25, -0.2) is 4.79 Å². The van der Waals surface area contributed by atoms with Gasteiger partial charge in [0.1, 0.15) is 11.5 Å². The van der Waals surface area contributed by atoms with E-state index in [0.29, 0.717) is 22.7 Å². The number of ketones is 1. The number of ether oxygens (including phenoxy) is 2. The number of amides is 1. The third kappa shape index (κ3) is 3.58. The van der Waals surface area contributed by atoms with E-state index in [1.165, 1.54) is 0 Å². The third-order valence-corrected chi connectivity index (χ3v) is 5.78. The predicted octanol–water partition coefficient (Wildman–Crippen LogP) is 6.18. The summed E-state index contributed by atoms with van der Waals surface area (Å²) < 4.78 is 10.8. The fraction of sp³-hybridized carbons (Fsp3) is 0.111. The zero-order valence-electron chi connectivity index (χ0n) is 17.5. The smallest absolute Gasteiger partial charge is 0.420 e. The van der Waals surface area contributed by atoms with Crippen molar-refractivity contribution in [2.45, 2.75) is 12.5 Å². The summed E-state index contributed by atoms with van der Waals surface area (Å²) in [5.74, 6) is 1.13. The van der Waals surface area contributed by atoms with Crippen LogP contribution >= 0.6 is 0 Å². The van der Waals surface area contributed by atoms with E-state index in [4.69, 9.17) is 9.47 Å². The Kier molecular flexibility index (Phi) is 5.07. The average molecular weight is 423 g/mol. The van der Waals surface area contributed by atoms with Gasteiger partial charge in [-0.3, -0.25) is 9.69 Å². The van der Waals surface area contributed by atoms with Gasteiger partial charge in [0.25, 0.3) is 0 Å². The van der Waals surface area contributed by atoms with Gasteiger partial charge in [-0.15, -0.1) is 0 Å². The predicted molar refractivity (Wildman–Crippen MR) is 124 cm³/mol. The van der Waals surface area contributed by atoms with Gasteiger partial charge in [0, 0.05) is 23.2 Å². The van der Waals surface area contributed by atoms with Crippen LogP contribution in [0.5, 0.6) is 11.5 Å². The van der Waals surface area contributed by atoms with E-state index in [9.17, 15) is 9.59 Å². The molecule has 0 aliphatic carbocycles. The highest BCUT2D eigenvalue weighted by Gasteiger charge is 2.36. The molecule has 0 fully saturated rings. The molecular weight excluding hydrogens is 402 g/mol. The molecule has 0 spiro atoms. The van der Waals surface area contributed by atoms with Crippen molar-refractivity contribution in [1.82, 2.24) is 0 Å². The summed E-state index contributed by atoms with van der Waals surface area (Å²) in [7, 11) is 1.59. The molecule has 0 N–H and O–H groups in total. The maximum absolute atomic E-state index is 13.4. The molecule has 5 rings (SSSR count). The number of fused-ring (bicyclic) bond motifs is 2. The summed E-state index contributed by atoms with van der Waals surface area (Å²) >= 11 is 0. The molecular formula is C27H21NO4. The van der Waals surface area contributed by atoms with E-state index in [-0.39, 0.29) is 12.2 Å². The van der Waals surface area contributed by atoms with Crippen LogP contribution in [0.3, 0.4) is 0 Å². The van der Waals surface area contributed by atoms with Gasteiger partial charge in [-0.1, -0.05) is 54.6 Å². The van der Waals surface area contributed by atoms with E-state index in [1.54, 1.807) is 42.3 Å². The number of methoxy groups -OCH3 is 1. The lowest BCUT2D eigenvalue weighted by molar-refractivity contribution is 0.0971. The molecule has 1 atom stereocenters. The molecule has 1 aliphatic rings. The topological polar surface area (TPSA) is 55.8 Å². The number of benzene rings is 4. The minimum Gasteiger partial charge on any atom is -0.497 e. The highest BCUT2D eigenvalue weighted by molar-refractivity contribution is 6.02. The summed E-state index contributed by atoms with van der Waals surface area (Å²) in [6.07, 6.45) is -0.374. The van der Waals surface area contributed by atoms with Crippen LogP contribution in [0, 0.1) is 0 Å². The van der Waals surface area contributed by atoms with Crippen LogP contribution in [0.15, 0.2) is 91.0 Å². The lowest BCUT2D eigenvalue weighted by Gasteiger charge is -2.36. The summed E-state index contributed by atoms with van der Waals surface area (Å²) in [6, 6.07) is 27.7. The molecule has 4 aromatic carbocycles. The van der Waals surface area contributed by atoms with E-state index >= 15 is 0 Å². The first kappa shape index (κ1) is 19.8. The maximum atomic E-state index is 13.4. The molecule has 1 aliphatic heterocycles. The number of anilines is 1. The number of carbonyl (C=O) groups is 2. The van der Waals surface area contributed by atoms with Crippen molar-refractivity contribution in [3.05, 3.63) is 102 Å². The Morgan fingerprint density at radius 2 is 1.62 bits per heavy atom. The quantitative estimate of drug-likeness (QED) is 0.360. The number of para-hydroxylation sites is 1. The lowest BCUT2D eigenvalue weighted by atomic mass is 9.93. The number of nitrogens with zero attached hydrogens (tertiary/aromatic N) is 1. The van der Waals surface area contributed by atoms with Gasteiger partial charge < -0.3 is 9.47 Å². The molecule has 0 aromatic heterocycles. The number of hydrogen-bond acceptors (Lipinski definition) is 4. The van der Waals surface area contributed by atoms with Crippen molar-refractivity contribution in [3.63, 3.8) is 0 Å². The molecule has 1 amide bonds. The van der Waals surface area contributed by atoms with Crippen LogP contribution in [0.4, 0.5) is 10.5 Å². The highest BCUT2D eigenvalue weighted by Crippen LogP contribution is 2.40. The van der Waals surface area contributed by atoms with Crippen LogP contribution < -0.4 is 14.4 Å². The third-order valence-electron chi connectivity index (χ3n) is 5.78. The first-order chi connectivity index (χ1) is 15.6. The minimum atomic E-state index is -0.509. The van der Waals surface area contributed by atoms with E-state index in [0.717, 1.165) is 16.3 Å². The normalized spacial score (nSPS) is 15.2. The van der Waals surface area contributed by atoms with E-state index in [2.05, 4.69) is 0 Å². The molecule has 32 heavy (non-hydrogen) atoms. The van der Waals surface area contributed by atoms with Crippen LogP contribution in [0.2, 0.25) is 0 Å². The number of carbonyl (C=O) groups excluding carboxylic acids is 2.